The van der Waals surface area contributed by atoms with Gasteiger partial charge in [-0.3, -0.25) is 4.99 Å². The van der Waals surface area contributed by atoms with E-state index < -0.39 is 0 Å². The minimum Gasteiger partial charge on any atom is -0.497 e. The largest absolute Gasteiger partial charge is 0.497 e. The van der Waals surface area contributed by atoms with Crippen molar-refractivity contribution in [3.8, 4) is 5.75 Å². The highest BCUT2D eigenvalue weighted by atomic mass is 127. The second-order valence-electron chi connectivity index (χ2n) is 6.80. The average molecular weight is 505 g/mol. The molecule has 1 aliphatic rings. The standard InChI is InChI=1S/C20H35N5O2.HI/c1-21-20(22-9-6-10-23(2)15-16-26-3)25-13-11-24(12-14-25)18-7-5-8-19(17-18)27-4;/h5,7-8,17H,6,9-16H2,1-4H3,(H,21,22);1H. The van der Waals surface area contributed by atoms with Gasteiger partial charge in [0.1, 0.15) is 5.75 Å². The van der Waals surface area contributed by atoms with E-state index in [1.165, 1.54) is 5.69 Å². The smallest absolute Gasteiger partial charge is 0.193 e. The second kappa shape index (κ2) is 13.8. The highest BCUT2D eigenvalue weighted by Crippen LogP contribution is 2.22. The van der Waals surface area contributed by atoms with Crippen molar-refractivity contribution < 1.29 is 9.47 Å². The summed E-state index contributed by atoms with van der Waals surface area (Å²) in [6.07, 6.45) is 1.09. The van der Waals surface area contributed by atoms with Crippen molar-refractivity contribution in [2.45, 2.75) is 6.42 Å². The first-order chi connectivity index (χ1) is 13.2. The molecular formula is C20H36IN5O2. The van der Waals surface area contributed by atoms with Crippen LogP contribution in [0.3, 0.4) is 0 Å². The maximum Gasteiger partial charge on any atom is 0.193 e. The molecule has 0 amide bonds. The van der Waals surface area contributed by atoms with Crippen LogP contribution in [-0.4, -0.2) is 96.5 Å². The SMILES string of the molecule is CN=C(NCCCN(C)CCOC)N1CCN(c2cccc(OC)c2)CC1.I. The van der Waals surface area contributed by atoms with Crippen LogP contribution >= 0.6 is 24.0 Å². The molecule has 0 saturated carbocycles. The van der Waals surface area contributed by atoms with Gasteiger partial charge in [0.05, 0.1) is 13.7 Å². The van der Waals surface area contributed by atoms with Gasteiger partial charge in [-0.15, -0.1) is 24.0 Å². The number of piperazine rings is 1. The molecule has 160 valence electrons. The summed E-state index contributed by atoms with van der Waals surface area (Å²) in [6.45, 7) is 7.62. The van der Waals surface area contributed by atoms with Gasteiger partial charge in [0.2, 0.25) is 0 Å². The number of aliphatic imine (C=N–C) groups is 1. The fraction of sp³-hybridized carbons (Fsp3) is 0.650. The van der Waals surface area contributed by atoms with E-state index in [1.807, 2.05) is 19.2 Å². The number of likely N-dealkylation sites (N-methyl/N-ethyl adjacent to an activating group) is 1. The summed E-state index contributed by atoms with van der Waals surface area (Å²) >= 11 is 0. The number of halogens is 1. The molecule has 0 aliphatic carbocycles. The van der Waals surface area contributed by atoms with Crippen molar-refractivity contribution in [1.82, 2.24) is 15.1 Å². The lowest BCUT2D eigenvalue weighted by Crippen LogP contribution is -2.52. The Morgan fingerprint density at radius 3 is 2.57 bits per heavy atom. The quantitative estimate of drug-likeness (QED) is 0.240. The van der Waals surface area contributed by atoms with E-state index in [-0.39, 0.29) is 24.0 Å². The third-order valence-corrected chi connectivity index (χ3v) is 4.89. The molecule has 1 heterocycles. The van der Waals surface area contributed by atoms with Gasteiger partial charge in [0, 0.05) is 65.2 Å². The van der Waals surface area contributed by atoms with Crippen LogP contribution in [0.25, 0.3) is 0 Å². The summed E-state index contributed by atoms with van der Waals surface area (Å²) in [5, 5.41) is 3.50. The molecule has 8 heteroatoms. The topological polar surface area (TPSA) is 52.6 Å². The molecule has 0 aromatic heterocycles. The van der Waals surface area contributed by atoms with Gasteiger partial charge < -0.3 is 29.5 Å². The summed E-state index contributed by atoms with van der Waals surface area (Å²) in [4.78, 5) is 11.5. The maximum atomic E-state index is 5.34. The van der Waals surface area contributed by atoms with Crippen LogP contribution in [0, 0.1) is 0 Å². The maximum absolute atomic E-state index is 5.34. The molecule has 2 rings (SSSR count). The predicted molar refractivity (Wildman–Crippen MR) is 128 cm³/mol. The average Bonchev–Trinajstić information content (AvgIpc) is 2.72. The zero-order chi connectivity index (χ0) is 19.5. The van der Waals surface area contributed by atoms with Crippen LogP contribution in [0.4, 0.5) is 5.69 Å². The molecule has 0 radical (unpaired) electrons. The summed E-state index contributed by atoms with van der Waals surface area (Å²) in [5.41, 5.74) is 1.22. The number of guanidine groups is 1. The Labute approximate surface area is 187 Å². The lowest BCUT2D eigenvalue weighted by Gasteiger charge is -2.37. The number of anilines is 1. The van der Waals surface area contributed by atoms with Crippen molar-refractivity contribution in [3.05, 3.63) is 24.3 Å². The summed E-state index contributed by atoms with van der Waals surface area (Å²) < 4.78 is 10.5. The van der Waals surface area contributed by atoms with Crippen molar-refractivity contribution in [2.24, 2.45) is 4.99 Å². The van der Waals surface area contributed by atoms with Crippen LogP contribution < -0.4 is 15.0 Å². The molecule has 0 bridgehead atoms. The predicted octanol–water partition coefficient (Wildman–Crippen LogP) is 1.98. The monoisotopic (exact) mass is 505 g/mol. The Hall–Kier alpha value is -1.26. The van der Waals surface area contributed by atoms with Crippen molar-refractivity contribution in [3.63, 3.8) is 0 Å². The van der Waals surface area contributed by atoms with Gasteiger partial charge in [0.15, 0.2) is 5.96 Å². The van der Waals surface area contributed by atoms with E-state index >= 15 is 0 Å². The number of rotatable bonds is 9. The Kier molecular flexibility index (Phi) is 12.2. The number of hydrogen-bond donors (Lipinski definition) is 1. The van der Waals surface area contributed by atoms with Gasteiger partial charge in [0.25, 0.3) is 0 Å². The van der Waals surface area contributed by atoms with Crippen molar-refractivity contribution >= 4 is 35.6 Å². The lowest BCUT2D eigenvalue weighted by molar-refractivity contribution is 0.161. The molecule has 1 aromatic rings. The molecule has 1 aliphatic heterocycles. The van der Waals surface area contributed by atoms with Crippen LogP contribution in [0.5, 0.6) is 5.75 Å². The van der Waals surface area contributed by atoms with E-state index in [0.717, 1.165) is 70.6 Å². The van der Waals surface area contributed by atoms with E-state index in [4.69, 9.17) is 9.47 Å². The number of methoxy groups -OCH3 is 2. The first kappa shape index (κ1) is 24.8. The van der Waals surface area contributed by atoms with E-state index in [2.05, 4.69) is 44.2 Å². The van der Waals surface area contributed by atoms with Gasteiger partial charge in [-0.25, -0.2) is 0 Å². The van der Waals surface area contributed by atoms with Crippen LogP contribution in [0.15, 0.2) is 29.3 Å². The lowest BCUT2D eigenvalue weighted by atomic mass is 10.2. The Morgan fingerprint density at radius 2 is 1.93 bits per heavy atom. The number of benzene rings is 1. The number of nitrogens with one attached hydrogen (secondary N) is 1. The molecule has 1 N–H and O–H groups in total. The Bertz CT molecular complexity index is 579. The van der Waals surface area contributed by atoms with Crippen molar-refractivity contribution in [2.75, 3.05) is 85.6 Å². The molecular weight excluding hydrogens is 469 g/mol. The third-order valence-electron chi connectivity index (χ3n) is 4.89. The Morgan fingerprint density at radius 1 is 1.18 bits per heavy atom. The molecule has 1 aromatic carbocycles. The van der Waals surface area contributed by atoms with Crippen molar-refractivity contribution in [1.29, 1.82) is 0 Å². The molecule has 28 heavy (non-hydrogen) atoms. The normalized spacial score (nSPS) is 14.8. The molecule has 1 fully saturated rings. The third kappa shape index (κ3) is 8.00. The van der Waals surface area contributed by atoms with Crippen LogP contribution in [0.1, 0.15) is 6.42 Å². The first-order valence-electron chi connectivity index (χ1n) is 9.70. The molecule has 0 unspecified atom stereocenters. The van der Waals surface area contributed by atoms with E-state index in [1.54, 1.807) is 14.2 Å². The number of hydrogen-bond acceptors (Lipinski definition) is 5. The van der Waals surface area contributed by atoms with E-state index in [0.29, 0.717) is 0 Å². The van der Waals surface area contributed by atoms with Crippen LogP contribution in [-0.2, 0) is 4.74 Å². The fourth-order valence-corrected chi connectivity index (χ4v) is 3.22. The molecule has 0 spiro atoms. The van der Waals surface area contributed by atoms with Gasteiger partial charge >= 0.3 is 0 Å². The first-order valence-corrected chi connectivity index (χ1v) is 9.70. The van der Waals surface area contributed by atoms with E-state index in [9.17, 15) is 0 Å². The Balaban J connectivity index is 0.00000392. The highest BCUT2D eigenvalue weighted by molar-refractivity contribution is 14.0. The zero-order valence-electron chi connectivity index (χ0n) is 17.7. The highest BCUT2D eigenvalue weighted by Gasteiger charge is 2.19. The minimum atomic E-state index is 0. The molecule has 0 atom stereocenters. The second-order valence-corrected chi connectivity index (χ2v) is 6.80. The van der Waals surface area contributed by atoms with Gasteiger partial charge in [-0.1, -0.05) is 6.07 Å². The minimum absolute atomic E-state index is 0. The molecule has 1 saturated heterocycles. The summed E-state index contributed by atoms with van der Waals surface area (Å²) in [6, 6.07) is 8.27. The van der Waals surface area contributed by atoms with Gasteiger partial charge in [-0.2, -0.15) is 0 Å². The van der Waals surface area contributed by atoms with Crippen LogP contribution in [0.2, 0.25) is 0 Å². The molecule has 7 nitrogen and oxygen atoms in total. The summed E-state index contributed by atoms with van der Waals surface area (Å²) in [5.74, 6) is 1.91. The summed E-state index contributed by atoms with van der Waals surface area (Å²) in [7, 11) is 7.45. The van der Waals surface area contributed by atoms with Gasteiger partial charge in [-0.05, 0) is 32.1 Å². The zero-order valence-corrected chi connectivity index (χ0v) is 20.0. The number of nitrogens with zero attached hydrogens (tertiary/aromatic N) is 4. The number of ether oxygens (including phenoxy) is 2. The fourth-order valence-electron chi connectivity index (χ4n) is 3.22.